The van der Waals surface area contributed by atoms with Crippen LogP contribution in [0.15, 0.2) is 48.0 Å². The second-order valence-electron chi connectivity index (χ2n) is 6.49. The van der Waals surface area contributed by atoms with E-state index in [4.69, 9.17) is 0 Å². The predicted octanol–water partition coefficient (Wildman–Crippen LogP) is 3.67. The molecular weight excluding hydrogens is 300 g/mol. The molecule has 2 aromatic carbocycles. The van der Waals surface area contributed by atoms with Crippen molar-refractivity contribution in [3.8, 4) is 0 Å². The van der Waals surface area contributed by atoms with Gasteiger partial charge < -0.3 is 5.11 Å². The lowest BCUT2D eigenvalue weighted by molar-refractivity contribution is 0.0735. The molecular formula is C20H20N2O2. The van der Waals surface area contributed by atoms with Crippen LogP contribution < -0.4 is 5.56 Å². The molecule has 0 bridgehead atoms. The molecule has 0 aliphatic heterocycles. The third-order valence-electron chi connectivity index (χ3n) is 5.10. The minimum atomic E-state index is -0.477. The summed E-state index contributed by atoms with van der Waals surface area (Å²) < 4.78 is 1.62. The Hall–Kier alpha value is -2.46. The molecule has 1 aliphatic rings. The number of fused-ring (bicyclic) bond motifs is 3. The molecule has 1 aliphatic carbocycles. The van der Waals surface area contributed by atoms with Crippen molar-refractivity contribution in [2.24, 2.45) is 0 Å². The molecule has 24 heavy (non-hydrogen) atoms. The lowest BCUT2D eigenvalue weighted by Gasteiger charge is -2.29. The molecule has 1 saturated carbocycles. The number of rotatable bonds is 2. The fourth-order valence-electron chi connectivity index (χ4n) is 3.82. The van der Waals surface area contributed by atoms with Gasteiger partial charge in [-0.05, 0) is 29.9 Å². The first-order chi connectivity index (χ1) is 11.7. The maximum atomic E-state index is 13.1. The molecule has 122 valence electrons. The molecule has 4 heteroatoms. The minimum absolute atomic E-state index is 0.0835. The van der Waals surface area contributed by atoms with Gasteiger partial charge in [-0.25, -0.2) is 4.98 Å². The van der Waals surface area contributed by atoms with E-state index < -0.39 is 6.10 Å². The van der Waals surface area contributed by atoms with E-state index in [-0.39, 0.29) is 11.6 Å². The minimum Gasteiger partial charge on any atom is -0.391 e. The molecule has 1 heterocycles. The van der Waals surface area contributed by atoms with Crippen LogP contribution in [0.1, 0.15) is 37.3 Å². The van der Waals surface area contributed by atoms with Crippen LogP contribution in [0.25, 0.3) is 27.8 Å². The Labute approximate surface area is 140 Å². The van der Waals surface area contributed by atoms with Gasteiger partial charge in [-0.15, -0.1) is 0 Å². The summed E-state index contributed by atoms with van der Waals surface area (Å²) in [6, 6.07) is 9.61. The van der Waals surface area contributed by atoms with Gasteiger partial charge in [0.25, 0.3) is 5.56 Å². The standard InChI is InChI=1S/C20H20N2O2/c1-2-13-11-16-19(15-8-4-3-7-14(13)15)21-12-22(20(16)24)17-9-5-6-10-18(17)23/h2-4,7-8,11-12,17-18,23H,1,5-6,9-10H2. The normalized spacial score (nSPS) is 21.2. The fraction of sp³-hybridized carbons (Fsp3) is 0.300. The van der Waals surface area contributed by atoms with Crippen molar-refractivity contribution >= 4 is 27.8 Å². The highest BCUT2D eigenvalue weighted by molar-refractivity contribution is 6.08. The van der Waals surface area contributed by atoms with Gasteiger partial charge >= 0.3 is 0 Å². The van der Waals surface area contributed by atoms with E-state index in [1.54, 1.807) is 17.0 Å². The first kappa shape index (κ1) is 15.1. The zero-order valence-corrected chi connectivity index (χ0v) is 13.5. The Morgan fingerprint density at radius 1 is 1.17 bits per heavy atom. The summed E-state index contributed by atoms with van der Waals surface area (Å²) in [4.78, 5) is 17.6. The van der Waals surface area contributed by atoms with Crippen LogP contribution in [0.4, 0.5) is 0 Å². The van der Waals surface area contributed by atoms with Crippen LogP contribution in [-0.2, 0) is 0 Å². The molecule has 1 fully saturated rings. The third-order valence-corrected chi connectivity index (χ3v) is 5.10. The quantitative estimate of drug-likeness (QED) is 0.733. The largest absolute Gasteiger partial charge is 0.391 e. The number of benzene rings is 2. The molecule has 4 rings (SSSR count). The first-order valence-electron chi connectivity index (χ1n) is 8.44. The van der Waals surface area contributed by atoms with Crippen LogP contribution in [0.3, 0.4) is 0 Å². The van der Waals surface area contributed by atoms with E-state index >= 15 is 0 Å². The van der Waals surface area contributed by atoms with Crippen molar-refractivity contribution in [3.63, 3.8) is 0 Å². The first-order valence-corrected chi connectivity index (χ1v) is 8.44. The van der Waals surface area contributed by atoms with Gasteiger partial charge in [-0.3, -0.25) is 9.36 Å². The van der Waals surface area contributed by atoms with E-state index in [1.807, 2.05) is 30.3 Å². The number of nitrogens with zero attached hydrogens (tertiary/aromatic N) is 2. The molecule has 0 radical (unpaired) electrons. The van der Waals surface area contributed by atoms with Crippen molar-refractivity contribution in [1.82, 2.24) is 9.55 Å². The lowest BCUT2D eigenvalue weighted by Crippen LogP contribution is -2.34. The smallest absolute Gasteiger partial charge is 0.261 e. The van der Waals surface area contributed by atoms with Crippen LogP contribution >= 0.6 is 0 Å². The SMILES string of the molecule is C=Cc1cc2c(=O)n(C3CCCCC3O)cnc2c2ccccc12. The van der Waals surface area contributed by atoms with Crippen LogP contribution in [0.2, 0.25) is 0 Å². The van der Waals surface area contributed by atoms with Crippen molar-refractivity contribution in [2.45, 2.75) is 37.8 Å². The summed E-state index contributed by atoms with van der Waals surface area (Å²) in [6.07, 6.45) is 6.49. The summed E-state index contributed by atoms with van der Waals surface area (Å²) in [6.45, 7) is 3.87. The molecule has 4 nitrogen and oxygen atoms in total. The molecule has 0 spiro atoms. The van der Waals surface area contributed by atoms with Gasteiger partial charge in [-0.1, -0.05) is 49.8 Å². The summed E-state index contributed by atoms with van der Waals surface area (Å²) in [5.41, 5.74) is 1.56. The summed E-state index contributed by atoms with van der Waals surface area (Å²) in [5.74, 6) is 0. The molecule has 1 aromatic heterocycles. The third kappa shape index (κ3) is 2.26. The second kappa shape index (κ2) is 5.87. The Bertz CT molecular complexity index is 990. The van der Waals surface area contributed by atoms with Gasteiger partial charge in [0.05, 0.1) is 29.4 Å². The maximum Gasteiger partial charge on any atom is 0.261 e. The predicted molar refractivity (Wildman–Crippen MR) is 97.1 cm³/mol. The fourth-order valence-corrected chi connectivity index (χ4v) is 3.82. The van der Waals surface area contributed by atoms with Crippen molar-refractivity contribution in [1.29, 1.82) is 0 Å². The average Bonchev–Trinajstić information content (AvgIpc) is 2.62. The lowest BCUT2D eigenvalue weighted by atomic mass is 9.92. The van der Waals surface area contributed by atoms with Crippen LogP contribution in [0, 0.1) is 0 Å². The molecule has 2 unspecified atom stereocenters. The van der Waals surface area contributed by atoms with Crippen LogP contribution in [0.5, 0.6) is 0 Å². The Morgan fingerprint density at radius 2 is 1.92 bits per heavy atom. The maximum absolute atomic E-state index is 13.1. The molecule has 0 amide bonds. The summed E-state index contributed by atoms with van der Waals surface area (Å²) in [7, 11) is 0. The number of aliphatic hydroxyl groups excluding tert-OH is 1. The number of hydrogen-bond donors (Lipinski definition) is 1. The molecule has 0 saturated heterocycles. The van der Waals surface area contributed by atoms with E-state index in [2.05, 4.69) is 11.6 Å². The molecule has 2 atom stereocenters. The molecule has 1 N–H and O–H groups in total. The van der Waals surface area contributed by atoms with Gasteiger partial charge in [0.15, 0.2) is 0 Å². The number of aliphatic hydroxyl groups is 1. The highest BCUT2D eigenvalue weighted by atomic mass is 16.3. The van der Waals surface area contributed by atoms with Gasteiger partial charge in [-0.2, -0.15) is 0 Å². The van der Waals surface area contributed by atoms with E-state index in [0.29, 0.717) is 10.9 Å². The highest BCUT2D eigenvalue weighted by Gasteiger charge is 2.26. The van der Waals surface area contributed by atoms with Crippen LogP contribution in [-0.4, -0.2) is 20.8 Å². The Kier molecular flexibility index (Phi) is 3.69. The van der Waals surface area contributed by atoms with E-state index in [1.165, 1.54) is 0 Å². The Morgan fingerprint density at radius 3 is 2.67 bits per heavy atom. The Balaban J connectivity index is 2.01. The van der Waals surface area contributed by atoms with E-state index in [0.717, 1.165) is 42.0 Å². The zero-order chi connectivity index (χ0) is 16.7. The van der Waals surface area contributed by atoms with E-state index in [9.17, 15) is 9.90 Å². The van der Waals surface area contributed by atoms with Gasteiger partial charge in [0, 0.05) is 5.39 Å². The molecule has 3 aromatic rings. The monoisotopic (exact) mass is 320 g/mol. The van der Waals surface area contributed by atoms with Gasteiger partial charge in [0.1, 0.15) is 0 Å². The topological polar surface area (TPSA) is 55.1 Å². The highest BCUT2D eigenvalue weighted by Crippen LogP contribution is 2.30. The van der Waals surface area contributed by atoms with Crippen molar-refractivity contribution in [2.75, 3.05) is 0 Å². The summed E-state index contributed by atoms with van der Waals surface area (Å²) in [5, 5.41) is 12.9. The number of aromatic nitrogens is 2. The zero-order valence-electron chi connectivity index (χ0n) is 13.5. The summed E-state index contributed by atoms with van der Waals surface area (Å²) >= 11 is 0. The number of hydrogen-bond acceptors (Lipinski definition) is 3. The van der Waals surface area contributed by atoms with Crippen molar-refractivity contribution in [3.05, 3.63) is 59.2 Å². The average molecular weight is 320 g/mol. The van der Waals surface area contributed by atoms with Crippen molar-refractivity contribution < 1.29 is 5.11 Å². The second-order valence-corrected chi connectivity index (χ2v) is 6.49. The van der Waals surface area contributed by atoms with Gasteiger partial charge in [0.2, 0.25) is 0 Å².